The van der Waals surface area contributed by atoms with Gasteiger partial charge in [0.05, 0.1) is 18.0 Å². The van der Waals surface area contributed by atoms with E-state index in [1.165, 1.54) is 0 Å². The average Bonchev–Trinajstić information content (AvgIpc) is 2.84. The first-order valence-electron chi connectivity index (χ1n) is 8.23. The summed E-state index contributed by atoms with van der Waals surface area (Å²) < 4.78 is 9.04. The van der Waals surface area contributed by atoms with Crippen LogP contribution in [0.4, 0.5) is 5.69 Å². The Kier molecular flexibility index (Phi) is 4.84. The minimum Gasteiger partial charge on any atom is -0.493 e. The molecule has 2 aromatic carbocycles. The van der Waals surface area contributed by atoms with Crippen LogP contribution in [-0.4, -0.2) is 22.2 Å². The van der Waals surface area contributed by atoms with Gasteiger partial charge < -0.3 is 4.74 Å². The number of ether oxygens (including phenoxy) is 1. The van der Waals surface area contributed by atoms with E-state index in [2.05, 4.69) is 4.99 Å². The van der Waals surface area contributed by atoms with Gasteiger partial charge in [0.25, 0.3) is 5.56 Å². The highest BCUT2D eigenvalue weighted by Gasteiger charge is 2.15. The van der Waals surface area contributed by atoms with E-state index in [4.69, 9.17) is 4.74 Å². The molecule has 5 heteroatoms. The SMILES string of the molecule is CCOc1ccccc1C=Nc1c(C)n(C)n(-c2ccccc2)c1=O. The zero-order valence-electron chi connectivity index (χ0n) is 14.6. The van der Waals surface area contributed by atoms with E-state index in [1.54, 1.807) is 10.9 Å². The first kappa shape index (κ1) is 16.8. The van der Waals surface area contributed by atoms with Crippen molar-refractivity contribution in [2.45, 2.75) is 13.8 Å². The Hall–Kier alpha value is -3.08. The molecule has 0 unspecified atom stereocenters. The minimum atomic E-state index is -0.142. The maximum Gasteiger partial charge on any atom is 0.297 e. The molecule has 1 aromatic heterocycles. The second-order valence-electron chi connectivity index (χ2n) is 5.64. The van der Waals surface area contributed by atoms with Gasteiger partial charge >= 0.3 is 0 Å². The number of aliphatic imine (C=N–C) groups is 1. The van der Waals surface area contributed by atoms with E-state index in [0.29, 0.717) is 12.3 Å². The molecule has 0 aliphatic carbocycles. The van der Waals surface area contributed by atoms with Crippen molar-refractivity contribution in [1.29, 1.82) is 0 Å². The number of hydrogen-bond acceptors (Lipinski definition) is 3. The van der Waals surface area contributed by atoms with Gasteiger partial charge in [0.1, 0.15) is 5.75 Å². The van der Waals surface area contributed by atoms with Gasteiger partial charge in [-0.2, -0.15) is 0 Å². The molecule has 1 heterocycles. The molecule has 0 bridgehead atoms. The third kappa shape index (κ3) is 3.26. The smallest absolute Gasteiger partial charge is 0.297 e. The lowest BCUT2D eigenvalue weighted by Gasteiger charge is -2.07. The highest BCUT2D eigenvalue weighted by Crippen LogP contribution is 2.19. The van der Waals surface area contributed by atoms with Gasteiger partial charge in [-0.3, -0.25) is 9.48 Å². The third-order valence-corrected chi connectivity index (χ3v) is 4.08. The molecule has 3 rings (SSSR count). The molecule has 0 atom stereocenters. The first-order chi connectivity index (χ1) is 12.1. The van der Waals surface area contributed by atoms with Crippen LogP contribution in [0.5, 0.6) is 5.75 Å². The van der Waals surface area contributed by atoms with Crippen LogP contribution in [0.1, 0.15) is 18.2 Å². The van der Waals surface area contributed by atoms with Gasteiger partial charge in [0, 0.05) is 18.8 Å². The predicted octanol–water partition coefficient (Wildman–Crippen LogP) is 3.63. The minimum absolute atomic E-state index is 0.142. The molecule has 3 aromatic rings. The van der Waals surface area contributed by atoms with Crippen molar-refractivity contribution >= 4 is 11.9 Å². The van der Waals surface area contributed by atoms with E-state index >= 15 is 0 Å². The lowest BCUT2D eigenvalue weighted by molar-refractivity contribution is 0.340. The number of hydrogen-bond donors (Lipinski definition) is 0. The molecule has 0 aliphatic rings. The average molecular weight is 335 g/mol. The largest absolute Gasteiger partial charge is 0.493 e. The summed E-state index contributed by atoms with van der Waals surface area (Å²) in [4.78, 5) is 17.3. The van der Waals surface area contributed by atoms with Crippen molar-refractivity contribution in [3.8, 4) is 11.4 Å². The van der Waals surface area contributed by atoms with Crippen LogP contribution < -0.4 is 10.3 Å². The van der Waals surface area contributed by atoms with Gasteiger partial charge in [-0.15, -0.1) is 0 Å². The quantitative estimate of drug-likeness (QED) is 0.669. The fourth-order valence-corrected chi connectivity index (χ4v) is 2.71. The van der Waals surface area contributed by atoms with Crippen molar-refractivity contribution in [2.24, 2.45) is 12.0 Å². The normalized spacial score (nSPS) is 11.2. The Morgan fingerprint density at radius 2 is 1.76 bits per heavy atom. The van der Waals surface area contributed by atoms with Crippen molar-refractivity contribution in [1.82, 2.24) is 9.36 Å². The fourth-order valence-electron chi connectivity index (χ4n) is 2.71. The second kappa shape index (κ2) is 7.21. The maximum atomic E-state index is 12.8. The maximum absolute atomic E-state index is 12.8. The molecular formula is C20H21N3O2. The van der Waals surface area contributed by atoms with Gasteiger partial charge in [-0.25, -0.2) is 9.67 Å². The topological polar surface area (TPSA) is 48.5 Å². The van der Waals surface area contributed by atoms with Crippen LogP contribution in [0.15, 0.2) is 64.4 Å². The van der Waals surface area contributed by atoms with E-state index < -0.39 is 0 Å². The summed E-state index contributed by atoms with van der Waals surface area (Å²) in [5, 5.41) is 0. The van der Waals surface area contributed by atoms with Gasteiger partial charge in [-0.1, -0.05) is 30.3 Å². The Bertz CT molecular complexity index is 953. The van der Waals surface area contributed by atoms with Crippen LogP contribution in [0, 0.1) is 6.92 Å². The summed E-state index contributed by atoms with van der Waals surface area (Å²) in [5.41, 5.74) is 2.75. The Balaban J connectivity index is 2.04. The Morgan fingerprint density at radius 3 is 2.48 bits per heavy atom. The van der Waals surface area contributed by atoms with Gasteiger partial charge in [-0.05, 0) is 38.1 Å². The number of para-hydroxylation sites is 2. The van der Waals surface area contributed by atoms with E-state index in [9.17, 15) is 4.79 Å². The zero-order chi connectivity index (χ0) is 17.8. The standard InChI is InChI=1S/C20H21N3O2/c1-4-25-18-13-9-8-10-16(18)14-21-19-15(2)22(3)23(20(19)24)17-11-6-5-7-12-17/h5-14H,4H2,1-3H3. The lowest BCUT2D eigenvalue weighted by Crippen LogP contribution is -2.19. The molecule has 128 valence electrons. The summed E-state index contributed by atoms with van der Waals surface area (Å²) in [6.07, 6.45) is 1.68. The first-order valence-corrected chi connectivity index (χ1v) is 8.23. The summed E-state index contributed by atoms with van der Waals surface area (Å²) in [6.45, 7) is 4.41. The van der Waals surface area contributed by atoms with Crippen molar-refractivity contribution in [3.63, 3.8) is 0 Å². The lowest BCUT2D eigenvalue weighted by atomic mass is 10.2. The second-order valence-corrected chi connectivity index (χ2v) is 5.64. The Morgan fingerprint density at radius 1 is 1.08 bits per heavy atom. The number of benzene rings is 2. The molecule has 0 N–H and O–H groups in total. The highest BCUT2D eigenvalue weighted by atomic mass is 16.5. The fraction of sp³-hybridized carbons (Fsp3) is 0.200. The summed E-state index contributed by atoms with van der Waals surface area (Å²) >= 11 is 0. The van der Waals surface area contributed by atoms with Gasteiger partial charge in [0.15, 0.2) is 5.69 Å². The molecule has 0 saturated heterocycles. The van der Waals surface area contributed by atoms with Crippen molar-refractivity contribution in [2.75, 3.05) is 6.61 Å². The Labute approximate surface area is 146 Å². The number of aromatic nitrogens is 2. The van der Waals surface area contributed by atoms with E-state index in [-0.39, 0.29) is 5.56 Å². The predicted molar refractivity (Wildman–Crippen MR) is 101 cm³/mol. The molecule has 0 radical (unpaired) electrons. The van der Waals surface area contributed by atoms with E-state index in [0.717, 1.165) is 22.7 Å². The van der Waals surface area contributed by atoms with Crippen LogP contribution in [0.2, 0.25) is 0 Å². The van der Waals surface area contributed by atoms with Crippen molar-refractivity contribution < 1.29 is 4.74 Å². The molecule has 0 fully saturated rings. The third-order valence-electron chi connectivity index (χ3n) is 4.08. The zero-order valence-corrected chi connectivity index (χ0v) is 14.6. The number of rotatable bonds is 5. The molecule has 0 saturated carbocycles. The van der Waals surface area contributed by atoms with Crippen molar-refractivity contribution in [3.05, 3.63) is 76.2 Å². The number of nitrogens with zero attached hydrogens (tertiary/aromatic N) is 3. The summed E-state index contributed by atoms with van der Waals surface area (Å²) in [5.74, 6) is 0.755. The van der Waals surface area contributed by atoms with Crippen LogP contribution in [-0.2, 0) is 7.05 Å². The monoisotopic (exact) mass is 335 g/mol. The molecule has 25 heavy (non-hydrogen) atoms. The van der Waals surface area contributed by atoms with Gasteiger partial charge in [0.2, 0.25) is 0 Å². The molecule has 5 nitrogen and oxygen atoms in total. The molecule has 0 spiro atoms. The molecule has 0 amide bonds. The van der Waals surface area contributed by atoms with Crippen LogP contribution in [0.25, 0.3) is 5.69 Å². The van der Waals surface area contributed by atoms with Crippen LogP contribution >= 0.6 is 0 Å². The van der Waals surface area contributed by atoms with Crippen LogP contribution in [0.3, 0.4) is 0 Å². The van der Waals surface area contributed by atoms with E-state index in [1.807, 2.05) is 80.2 Å². The molecule has 0 aliphatic heterocycles. The molecular weight excluding hydrogens is 314 g/mol. The summed E-state index contributed by atoms with van der Waals surface area (Å²) in [7, 11) is 1.86. The summed E-state index contributed by atoms with van der Waals surface area (Å²) in [6, 6.07) is 17.2. The highest BCUT2D eigenvalue weighted by molar-refractivity contribution is 5.85.